The number of rotatable bonds is 5. The summed E-state index contributed by atoms with van der Waals surface area (Å²) in [6, 6.07) is 3.20. The molecule has 7 heteroatoms. The van der Waals surface area contributed by atoms with E-state index in [1.165, 1.54) is 13.2 Å². The second-order valence-electron chi connectivity index (χ2n) is 4.46. The summed E-state index contributed by atoms with van der Waals surface area (Å²) in [5.74, 6) is 0.000786. The molecule has 7 nitrogen and oxygen atoms in total. The zero-order valence-electron chi connectivity index (χ0n) is 11.3. The van der Waals surface area contributed by atoms with Crippen LogP contribution < -0.4 is 10.6 Å². The Morgan fingerprint density at radius 2 is 2.35 bits per heavy atom. The molecule has 1 aromatic heterocycles. The number of hydrogen-bond donors (Lipinski definition) is 2. The highest BCUT2D eigenvalue weighted by atomic mass is 16.5. The van der Waals surface area contributed by atoms with Gasteiger partial charge in [-0.1, -0.05) is 0 Å². The Morgan fingerprint density at radius 3 is 3.05 bits per heavy atom. The van der Waals surface area contributed by atoms with Crippen LogP contribution in [-0.2, 0) is 20.8 Å². The van der Waals surface area contributed by atoms with E-state index < -0.39 is 5.97 Å². The van der Waals surface area contributed by atoms with Gasteiger partial charge >= 0.3 is 5.97 Å². The molecule has 1 amide bonds. The summed E-state index contributed by atoms with van der Waals surface area (Å²) >= 11 is 0. The van der Waals surface area contributed by atoms with Gasteiger partial charge in [0.2, 0.25) is 11.7 Å². The van der Waals surface area contributed by atoms with Crippen LogP contribution in [-0.4, -0.2) is 44.8 Å². The molecule has 0 saturated carbocycles. The third-order valence-corrected chi connectivity index (χ3v) is 2.94. The lowest BCUT2D eigenvalue weighted by molar-refractivity contribution is -0.122. The van der Waals surface area contributed by atoms with Crippen LogP contribution >= 0.6 is 0 Å². The first kappa shape index (κ1) is 14.5. The van der Waals surface area contributed by atoms with E-state index in [0.717, 1.165) is 6.54 Å². The fourth-order valence-electron chi connectivity index (χ4n) is 1.92. The van der Waals surface area contributed by atoms with Gasteiger partial charge in [-0.15, -0.1) is 0 Å². The van der Waals surface area contributed by atoms with Crippen molar-refractivity contribution in [1.29, 1.82) is 0 Å². The third-order valence-electron chi connectivity index (χ3n) is 2.94. The molecular formula is C13H18N2O5. The number of ether oxygens (including phenoxy) is 2. The molecule has 0 aliphatic carbocycles. The number of furan rings is 1. The molecule has 0 aromatic carbocycles. The van der Waals surface area contributed by atoms with Gasteiger partial charge in [-0.2, -0.15) is 0 Å². The second kappa shape index (κ2) is 7.06. The van der Waals surface area contributed by atoms with Crippen molar-refractivity contribution >= 4 is 11.9 Å². The summed E-state index contributed by atoms with van der Waals surface area (Å²) in [4.78, 5) is 22.9. The largest absolute Gasteiger partial charge is 0.463 e. The van der Waals surface area contributed by atoms with Crippen LogP contribution in [0.1, 0.15) is 22.7 Å². The zero-order valence-corrected chi connectivity index (χ0v) is 11.3. The zero-order chi connectivity index (χ0) is 14.4. The van der Waals surface area contributed by atoms with Crippen LogP contribution in [0.25, 0.3) is 0 Å². The quantitative estimate of drug-likeness (QED) is 0.742. The van der Waals surface area contributed by atoms with Crippen molar-refractivity contribution in [2.45, 2.75) is 19.0 Å². The van der Waals surface area contributed by atoms with E-state index in [4.69, 9.17) is 9.15 Å². The van der Waals surface area contributed by atoms with Crippen LogP contribution in [0.15, 0.2) is 16.5 Å². The van der Waals surface area contributed by atoms with Crippen molar-refractivity contribution in [1.82, 2.24) is 10.6 Å². The molecule has 1 atom stereocenters. The van der Waals surface area contributed by atoms with Gasteiger partial charge in [0, 0.05) is 19.0 Å². The van der Waals surface area contributed by atoms with E-state index >= 15 is 0 Å². The number of hydrogen-bond acceptors (Lipinski definition) is 6. The molecular weight excluding hydrogens is 264 g/mol. The van der Waals surface area contributed by atoms with Gasteiger partial charge in [-0.25, -0.2) is 4.79 Å². The molecule has 1 fully saturated rings. The first-order valence-corrected chi connectivity index (χ1v) is 6.44. The Hall–Kier alpha value is -1.86. The van der Waals surface area contributed by atoms with Crippen molar-refractivity contribution in [2.75, 3.05) is 26.9 Å². The number of methoxy groups -OCH3 is 1. The minimum absolute atomic E-state index is 0.0472. The average molecular weight is 282 g/mol. The van der Waals surface area contributed by atoms with Gasteiger partial charge in [0.1, 0.15) is 5.76 Å². The predicted molar refractivity (Wildman–Crippen MR) is 69.1 cm³/mol. The van der Waals surface area contributed by atoms with Crippen LogP contribution in [0.3, 0.4) is 0 Å². The molecule has 0 spiro atoms. The molecule has 20 heavy (non-hydrogen) atoms. The van der Waals surface area contributed by atoms with Crippen molar-refractivity contribution in [3.05, 3.63) is 23.7 Å². The van der Waals surface area contributed by atoms with Gasteiger partial charge in [0.15, 0.2) is 0 Å². The Balaban J connectivity index is 1.75. The molecule has 1 aromatic rings. The SMILES string of the molecule is COC(=O)c1ccc(CNC(=O)CC2COCCN2)o1. The van der Waals surface area contributed by atoms with Gasteiger partial charge < -0.3 is 24.5 Å². The second-order valence-corrected chi connectivity index (χ2v) is 4.46. The number of esters is 1. The number of carbonyl (C=O) groups is 2. The summed E-state index contributed by atoms with van der Waals surface area (Å²) in [6.07, 6.45) is 0.352. The highest BCUT2D eigenvalue weighted by Gasteiger charge is 2.17. The highest BCUT2D eigenvalue weighted by Crippen LogP contribution is 2.09. The summed E-state index contributed by atoms with van der Waals surface area (Å²) in [5, 5.41) is 5.94. The molecule has 2 heterocycles. The Labute approximate surface area is 116 Å². The van der Waals surface area contributed by atoms with Gasteiger partial charge in [-0.05, 0) is 12.1 Å². The van der Waals surface area contributed by atoms with E-state index in [9.17, 15) is 9.59 Å². The molecule has 1 unspecified atom stereocenters. The fraction of sp³-hybridized carbons (Fsp3) is 0.538. The van der Waals surface area contributed by atoms with E-state index in [0.29, 0.717) is 25.4 Å². The fourth-order valence-corrected chi connectivity index (χ4v) is 1.92. The Morgan fingerprint density at radius 1 is 1.50 bits per heavy atom. The first-order chi connectivity index (χ1) is 9.69. The summed E-state index contributed by atoms with van der Waals surface area (Å²) in [5.41, 5.74) is 0. The molecule has 2 N–H and O–H groups in total. The number of carbonyl (C=O) groups excluding carboxylic acids is 2. The lowest BCUT2D eigenvalue weighted by atomic mass is 10.2. The summed E-state index contributed by atoms with van der Waals surface area (Å²) < 4.78 is 15.1. The monoisotopic (exact) mass is 282 g/mol. The Bertz CT molecular complexity index is 465. The highest BCUT2D eigenvalue weighted by molar-refractivity contribution is 5.86. The van der Waals surface area contributed by atoms with Crippen LogP contribution in [0.5, 0.6) is 0 Å². The minimum atomic E-state index is -0.536. The lowest BCUT2D eigenvalue weighted by Crippen LogP contribution is -2.44. The van der Waals surface area contributed by atoms with Crippen molar-refractivity contribution in [3.63, 3.8) is 0 Å². The molecule has 1 aliphatic heterocycles. The molecule has 1 aliphatic rings. The van der Waals surface area contributed by atoms with E-state index in [-0.39, 0.29) is 24.3 Å². The van der Waals surface area contributed by atoms with Crippen molar-refractivity contribution in [3.8, 4) is 0 Å². The van der Waals surface area contributed by atoms with Gasteiger partial charge in [0.05, 0.1) is 26.9 Å². The lowest BCUT2D eigenvalue weighted by Gasteiger charge is -2.23. The maximum Gasteiger partial charge on any atom is 0.373 e. The maximum absolute atomic E-state index is 11.7. The van der Waals surface area contributed by atoms with E-state index in [1.807, 2.05) is 0 Å². The molecule has 0 radical (unpaired) electrons. The first-order valence-electron chi connectivity index (χ1n) is 6.44. The average Bonchev–Trinajstić information content (AvgIpc) is 2.94. The van der Waals surface area contributed by atoms with E-state index in [1.54, 1.807) is 6.07 Å². The normalized spacial score (nSPS) is 18.6. The van der Waals surface area contributed by atoms with Crippen LogP contribution in [0.4, 0.5) is 0 Å². The number of morpholine rings is 1. The topological polar surface area (TPSA) is 89.8 Å². The van der Waals surface area contributed by atoms with Gasteiger partial charge in [-0.3, -0.25) is 4.79 Å². The number of nitrogens with one attached hydrogen (secondary N) is 2. The number of amides is 1. The Kier molecular flexibility index (Phi) is 5.14. The molecule has 1 saturated heterocycles. The summed E-state index contributed by atoms with van der Waals surface area (Å²) in [6.45, 7) is 2.23. The van der Waals surface area contributed by atoms with Gasteiger partial charge in [0.25, 0.3) is 0 Å². The minimum Gasteiger partial charge on any atom is -0.463 e. The van der Waals surface area contributed by atoms with Crippen LogP contribution in [0, 0.1) is 0 Å². The maximum atomic E-state index is 11.7. The van der Waals surface area contributed by atoms with Crippen molar-refractivity contribution in [2.24, 2.45) is 0 Å². The smallest absolute Gasteiger partial charge is 0.373 e. The standard InChI is InChI=1S/C13H18N2O5/c1-18-13(17)11-3-2-10(20-11)7-15-12(16)6-9-8-19-5-4-14-9/h2-3,9,14H,4-8H2,1H3,(H,15,16). The molecule has 2 rings (SSSR count). The van der Waals surface area contributed by atoms with Crippen molar-refractivity contribution < 1.29 is 23.5 Å². The van der Waals surface area contributed by atoms with Crippen LogP contribution in [0.2, 0.25) is 0 Å². The summed E-state index contributed by atoms with van der Waals surface area (Å²) in [7, 11) is 1.28. The van der Waals surface area contributed by atoms with E-state index in [2.05, 4.69) is 15.4 Å². The molecule has 110 valence electrons. The third kappa shape index (κ3) is 4.07. The molecule has 0 bridgehead atoms. The predicted octanol–water partition coefficient (Wildman–Crippen LogP) is 0.0609.